The molecule has 0 radical (unpaired) electrons. The summed E-state index contributed by atoms with van der Waals surface area (Å²) in [5.41, 5.74) is 2.38. The second-order valence-corrected chi connectivity index (χ2v) is 4.55. The van der Waals surface area contributed by atoms with E-state index in [0.29, 0.717) is 12.5 Å². The molecule has 1 aromatic rings. The van der Waals surface area contributed by atoms with Crippen molar-refractivity contribution in [3.63, 3.8) is 0 Å². The summed E-state index contributed by atoms with van der Waals surface area (Å²) in [7, 11) is 0. The molecule has 0 saturated carbocycles. The van der Waals surface area contributed by atoms with Gasteiger partial charge in [0.2, 0.25) is 0 Å². The van der Waals surface area contributed by atoms with Gasteiger partial charge < -0.3 is 10.1 Å². The van der Waals surface area contributed by atoms with Gasteiger partial charge in [0.1, 0.15) is 12.4 Å². The normalized spacial score (nSPS) is 10.6. The molecule has 1 N–H and O–H groups in total. The summed E-state index contributed by atoms with van der Waals surface area (Å²) >= 11 is 0. The van der Waals surface area contributed by atoms with Crippen LogP contribution in [-0.4, -0.2) is 19.7 Å². The maximum Gasteiger partial charge on any atom is 0.120 e. The molecular formula is C15H23NO. The van der Waals surface area contributed by atoms with Crippen LogP contribution in [0.1, 0.15) is 32.3 Å². The van der Waals surface area contributed by atoms with E-state index in [1.54, 1.807) is 0 Å². The molecule has 0 unspecified atom stereocenters. The zero-order chi connectivity index (χ0) is 12.7. The van der Waals surface area contributed by atoms with Crippen LogP contribution in [0.25, 0.3) is 0 Å². The van der Waals surface area contributed by atoms with Gasteiger partial charge in [-0.2, -0.15) is 0 Å². The van der Waals surface area contributed by atoms with E-state index in [0.717, 1.165) is 24.4 Å². The predicted octanol–water partition coefficient (Wildman–Crippen LogP) is 3.35. The molecule has 0 heterocycles. The first-order valence-corrected chi connectivity index (χ1v) is 6.23. The molecule has 0 aliphatic rings. The lowest BCUT2D eigenvalue weighted by Crippen LogP contribution is -2.18. The first kappa shape index (κ1) is 13.8. The van der Waals surface area contributed by atoms with Crippen molar-refractivity contribution in [2.45, 2.75) is 26.7 Å². The molecule has 0 spiro atoms. The molecule has 0 bridgehead atoms. The van der Waals surface area contributed by atoms with Crippen molar-refractivity contribution in [2.75, 3.05) is 19.7 Å². The summed E-state index contributed by atoms with van der Waals surface area (Å²) in [5, 5.41) is 3.23. The molecule has 2 heteroatoms. The van der Waals surface area contributed by atoms with Gasteiger partial charge in [0.25, 0.3) is 0 Å². The van der Waals surface area contributed by atoms with Crippen molar-refractivity contribution in [3.8, 4) is 5.75 Å². The van der Waals surface area contributed by atoms with Crippen LogP contribution >= 0.6 is 0 Å². The molecule has 1 aromatic carbocycles. The predicted molar refractivity (Wildman–Crippen MR) is 73.7 cm³/mol. The van der Waals surface area contributed by atoms with E-state index in [2.05, 4.69) is 44.8 Å². The summed E-state index contributed by atoms with van der Waals surface area (Å²) in [4.78, 5) is 0. The average Bonchev–Trinajstić information content (AvgIpc) is 2.34. The van der Waals surface area contributed by atoms with Crippen LogP contribution in [0.15, 0.2) is 36.4 Å². The highest BCUT2D eigenvalue weighted by Gasteiger charge is 2.01. The molecule has 0 aliphatic heterocycles. The Hall–Kier alpha value is -1.28. The third-order valence-corrected chi connectivity index (χ3v) is 2.59. The van der Waals surface area contributed by atoms with Gasteiger partial charge in [-0.05, 0) is 35.7 Å². The van der Waals surface area contributed by atoms with Crippen LogP contribution in [0.3, 0.4) is 0 Å². The van der Waals surface area contributed by atoms with E-state index >= 15 is 0 Å². The lowest BCUT2D eigenvalue weighted by molar-refractivity contribution is 0.348. The number of rotatable bonds is 7. The number of nitrogens with one attached hydrogen (secondary N) is 1. The van der Waals surface area contributed by atoms with Crippen LogP contribution in [0.5, 0.6) is 5.75 Å². The van der Waals surface area contributed by atoms with Gasteiger partial charge in [0.05, 0.1) is 0 Å². The summed E-state index contributed by atoms with van der Waals surface area (Å²) in [6.07, 6.45) is 0. The van der Waals surface area contributed by atoms with Gasteiger partial charge in [0, 0.05) is 6.54 Å². The fraction of sp³-hybridized carbons (Fsp3) is 0.467. The van der Waals surface area contributed by atoms with Crippen LogP contribution in [0.2, 0.25) is 0 Å². The minimum absolute atomic E-state index is 0.531. The Labute approximate surface area is 105 Å². The SMILES string of the molecule is C=C(CNCC)COc1cccc(C(C)C)c1. The van der Waals surface area contributed by atoms with Gasteiger partial charge in [-0.25, -0.2) is 0 Å². The number of likely N-dealkylation sites (N-methyl/N-ethyl adjacent to an activating group) is 1. The molecular weight excluding hydrogens is 210 g/mol. The Morgan fingerprint density at radius 2 is 2.18 bits per heavy atom. The fourth-order valence-corrected chi connectivity index (χ4v) is 1.50. The summed E-state index contributed by atoms with van der Waals surface area (Å²) in [6, 6.07) is 8.26. The Morgan fingerprint density at radius 1 is 1.41 bits per heavy atom. The maximum atomic E-state index is 5.72. The monoisotopic (exact) mass is 233 g/mol. The number of hydrogen-bond acceptors (Lipinski definition) is 2. The van der Waals surface area contributed by atoms with Gasteiger partial charge in [0.15, 0.2) is 0 Å². The second-order valence-electron chi connectivity index (χ2n) is 4.55. The molecule has 0 amide bonds. The largest absolute Gasteiger partial charge is 0.489 e. The minimum atomic E-state index is 0.531. The highest BCUT2D eigenvalue weighted by molar-refractivity contribution is 5.30. The first-order valence-electron chi connectivity index (χ1n) is 6.23. The van der Waals surface area contributed by atoms with Crippen molar-refractivity contribution in [1.29, 1.82) is 0 Å². The van der Waals surface area contributed by atoms with E-state index in [1.165, 1.54) is 5.56 Å². The average molecular weight is 233 g/mol. The van der Waals surface area contributed by atoms with E-state index in [-0.39, 0.29) is 0 Å². The molecule has 0 saturated heterocycles. The summed E-state index contributed by atoms with van der Waals surface area (Å²) in [5.74, 6) is 1.46. The van der Waals surface area contributed by atoms with Crippen molar-refractivity contribution in [2.24, 2.45) is 0 Å². The highest BCUT2D eigenvalue weighted by atomic mass is 16.5. The molecule has 1 rings (SSSR count). The second kappa shape index (κ2) is 7.13. The van der Waals surface area contributed by atoms with Gasteiger partial charge in [-0.15, -0.1) is 0 Å². The van der Waals surface area contributed by atoms with Crippen molar-refractivity contribution < 1.29 is 4.74 Å². The lowest BCUT2D eigenvalue weighted by atomic mass is 10.0. The van der Waals surface area contributed by atoms with Crippen LogP contribution < -0.4 is 10.1 Å². The molecule has 0 aromatic heterocycles. The molecule has 0 aliphatic carbocycles. The summed E-state index contributed by atoms with van der Waals surface area (Å²) in [6.45, 7) is 12.8. The Morgan fingerprint density at radius 3 is 2.82 bits per heavy atom. The zero-order valence-electron chi connectivity index (χ0n) is 11.1. The quantitative estimate of drug-likeness (QED) is 0.729. The van der Waals surface area contributed by atoms with Gasteiger partial charge in [-0.1, -0.05) is 39.5 Å². The van der Waals surface area contributed by atoms with Crippen molar-refractivity contribution >= 4 is 0 Å². The molecule has 17 heavy (non-hydrogen) atoms. The Balaban J connectivity index is 2.46. The Bertz CT molecular complexity index is 358. The Kier molecular flexibility index (Phi) is 5.78. The number of hydrogen-bond donors (Lipinski definition) is 1. The first-order chi connectivity index (χ1) is 8.13. The zero-order valence-corrected chi connectivity index (χ0v) is 11.1. The highest BCUT2D eigenvalue weighted by Crippen LogP contribution is 2.20. The fourth-order valence-electron chi connectivity index (χ4n) is 1.50. The van der Waals surface area contributed by atoms with Crippen molar-refractivity contribution in [3.05, 3.63) is 42.0 Å². The molecule has 2 nitrogen and oxygen atoms in total. The third kappa shape index (κ3) is 5.05. The molecule has 94 valence electrons. The minimum Gasteiger partial charge on any atom is -0.489 e. The van der Waals surface area contributed by atoms with E-state index in [9.17, 15) is 0 Å². The number of benzene rings is 1. The maximum absolute atomic E-state index is 5.72. The van der Waals surface area contributed by atoms with Crippen LogP contribution in [0, 0.1) is 0 Å². The van der Waals surface area contributed by atoms with Crippen molar-refractivity contribution in [1.82, 2.24) is 5.32 Å². The molecule has 0 atom stereocenters. The molecule has 0 fully saturated rings. The summed E-state index contributed by atoms with van der Waals surface area (Å²) < 4.78 is 5.72. The third-order valence-electron chi connectivity index (χ3n) is 2.59. The van der Waals surface area contributed by atoms with Crippen LogP contribution in [0.4, 0.5) is 0 Å². The van der Waals surface area contributed by atoms with E-state index in [1.807, 2.05) is 12.1 Å². The van der Waals surface area contributed by atoms with E-state index in [4.69, 9.17) is 4.74 Å². The van der Waals surface area contributed by atoms with Crippen LogP contribution in [-0.2, 0) is 0 Å². The number of ether oxygens (including phenoxy) is 1. The van der Waals surface area contributed by atoms with E-state index < -0.39 is 0 Å². The smallest absolute Gasteiger partial charge is 0.120 e. The topological polar surface area (TPSA) is 21.3 Å². The van der Waals surface area contributed by atoms with Gasteiger partial charge >= 0.3 is 0 Å². The van der Waals surface area contributed by atoms with Gasteiger partial charge in [-0.3, -0.25) is 0 Å². The lowest BCUT2D eigenvalue weighted by Gasteiger charge is -2.11. The standard InChI is InChI=1S/C15H23NO/c1-5-16-10-13(4)11-17-15-8-6-7-14(9-15)12(2)3/h6-9,12,16H,4-5,10-11H2,1-3H3.